The van der Waals surface area contributed by atoms with E-state index in [2.05, 4.69) is 0 Å². The summed E-state index contributed by atoms with van der Waals surface area (Å²) >= 11 is 0. The molecule has 0 amide bonds. The summed E-state index contributed by atoms with van der Waals surface area (Å²) < 4.78 is 65.3. The fraction of sp³-hybridized carbons (Fsp3) is 0.538. The highest BCUT2D eigenvalue weighted by Gasteiger charge is 2.37. The van der Waals surface area contributed by atoms with Crippen LogP contribution in [0.1, 0.15) is 24.0 Å². The van der Waals surface area contributed by atoms with Gasteiger partial charge in [-0.3, -0.25) is 4.90 Å². The maximum absolute atomic E-state index is 13.3. The summed E-state index contributed by atoms with van der Waals surface area (Å²) in [6.07, 6.45) is -4.47. The molecule has 0 unspecified atom stereocenters. The summed E-state index contributed by atoms with van der Waals surface area (Å²) in [5.74, 6) is -2.83. The number of likely N-dealkylation sites (tertiary alicyclic amines) is 1. The Morgan fingerprint density at radius 1 is 1.25 bits per heavy atom. The van der Waals surface area contributed by atoms with Crippen molar-refractivity contribution in [2.24, 2.45) is 0 Å². The van der Waals surface area contributed by atoms with E-state index in [1.807, 2.05) is 0 Å². The molecule has 0 bridgehead atoms. The Balaban J connectivity index is 2.21. The molecule has 1 aliphatic rings. The first kappa shape index (κ1) is 15.0. The number of benzene rings is 1. The standard InChI is InChI=1S/C13H15F5N2/c14-12(15)4-1-5-20(8-12)7-9-2-3-10(19)6-11(9)13(16,17)18/h2-3,6H,1,4-5,7-8,19H2. The Morgan fingerprint density at radius 2 is 1.95 bits per heavy atom. The van der Waals surface area contributed by atoms with Gasteiger partial charge in [-0.25, -0.2) is 8.78 Å². The van der Waals surface area contributed by atoms with Crippen molar-refractivity contribution in [2.75, 3.05) is 18.8 Å². The fourth-order valence-corrected chi connectivity index (χ4v) is 2.42. The van der Waals surface area contributed by atoms with E-state index >= 15 is 0 Å². The van der Waals surface area contributed by atoms with Crippen LogP contribution in [0.25, 0.3) is 0 Å². The third-order valence-corrected chi connectivity index (χ3v) is 3.31. The maximum Gasteiger partial charge on any atom is 0.416 e. The fourth-order valence-electron chi connectivity index (χ4n) is 2.42. The monoisotopic (exact) mass is 294 g/mol. The SMILES string of the molecule is Nc1ccc(CN2CCCC(F)(F)C2)c(C(F)(F)F)c1. The van der Waals surface area contributed by atoms with Crippen LogP contribution in [0, 0.1) is 0 Å². The van der Waals surface area contributed by atoms with Gasteiger partial charge in [0.15, 0.2) is 0 Å². The van der Waals surface area contributed by atoms with Crippen molar-refractivity contribution in [1.29, 1.82) is 0 Å². The Labute approximate surface area is 113 Å². The zero-order valence-corrected chi connectivity index (χ0v) is 10.7. The summed E-state index contributed by atoms with van der Waals surface area (Å²) in [6, 6.07) is 3.45. The van der Waals surface area contributed by atoms with Crippen LogP contribution in [0.5, 0.6) is 0 Å². The molecule has 2 nitrogen and oxygen atoms in total. The average molecular weight is 294 g/mol. The largest absolute Gasteiger partial charge is 0.416 e. The van der Waals surface area contributed by atoms with E-state index < -0.39 is 24.2 Å². The lowest BCUT2D eigenvalue weighted by molar-refractivity contribution is -0.138. The quantitative estimate of drug-likeness (QED) is 0.668. The highest BCUT2D eigenvalue weighted by molar-refractivity contribution is 5.46. The van der Waals surface area contributed by atoms with E-state index in [1.165, 1.54) is 17.0 Å². The zero-order chi connectivity index (χ0) is 15.0. The molecular formula is C13H15F5N2. The Kier molecular flexibility index (Phi) is 3.90. The second-order valence-corrected chi connectivity index (χ2v) is 5.08. The van der Waals surface area contributed by atoms with E-state index in [-0.39, 0.29) is 30.6 Å². The first-order chi connectivity index (χ1) is 9.17. The molecule has 1 saturated heterocycles. The molecule has 1 aromatic rings. The molecule has 0 radical (unpaired) electrons. The third-order valence-electron chi connectivity index (χ3n) is 3.31. The minimum Gasteiger partial charge on any atom is -0.399 e. The van der Waals surface area contributed by atoms with E-state index in [4.69, 9.17) is 5.73 Å². The summed E-state index contributed by atoms with van der Waals surface area (Å²) in [5.41, 5.74) is 4.49. The number of rotatable bonds is 2. The lowest BCUT2D eigenvalue weighted by Crippen LogP contribution is -2.42. The molecule has 0 atom stereocenters. The van der Waals surface area contributed by atoms with Gasteiger partial charge in [-0.2, -0.15) is 13.2 Å². The normalized spacial score (nSPS) is 20.1. The highest BCUT2D eigenvalue weighted by Crippen LogP contribution is 2.35. The van der Waals surface area contributed by atoms with Crippen LogP contribution >= 0.6 is 0 Å². The molecule has 2 rings (SSSR count). The van der Waals surface area contributed by atoms with Gasteiger partial charge in [-0.15, -0.1) is 0 Å². The maximum atomic E-state index is 13.3. The molecule has 0 aromatic heterocycles. The van der Waals surface area contributed by atoms with Crippen LogP contribution in [-0.2, 0) is 12.7 Å². The number of alkyl halides is 5. The highest BCUT2D eigenvalue weighted by atomic mass is 19.4. The molecule has 7 heteroatoms. The van der Waals surface area contributed by atoms with Crippen LogP contribution in [0.4, 0.5) is 27.6 Å². The molecule has 2 N–H and O–H groups in total. The van der Waals surface area contributed by atoms with E-state index in [0.717, 1.165) is 6.07 Å². The lowest BCUT2D eigenvalue weighted by atomic mass is 10.0. The number of halogens is 5. The van der Waals surface area contributed by atoms with Crippen molar-refractivity contribution in [1.82, 2.24) is 4.90 Å². The molecule has 0 saturated carbocycles. The number of hydrogen-bond donors (Lipinski definition) is 1. The summed E-state index contributed by atoms with van der Waals surface area (Å²) in [7, 11) is 0. The van der Waals surface area contributed by atoms with Crippen molar-refractivity contribution in [3.8, 4) is 0 Å². The lowest BCUT2D eigenvalue weighted by Gasteiger charge is -2.33. The minimum atomic E-state index is -4.54. The molecule has 112 valence electrons. The van der Waals surface area contributed by atoms with Crippen molar-refractivity contribution in [2.45, 2.75) is 31.5 Å². The first-order valence-electron chi connectivity index (χ1n) is 6.23. The van der Waals surface area contributed by atoms with Crippen LogP contribution in [0.15, 0.2) is 18.2 Å². The van der Waals surface area contributed by atoms with Gasteiger partial charge < -0.3 is 5.73 Å². The van der Waals surface area contributed by atoms with E-state index in [9.17, 15) is 22.0 Å². The second-order valence-electron chi connectivity index (χ2n) is 5.08. The predicted octanol–water partition coefficient (Wildman–Crippen LogP) is 3.52. The number of nitrogens with two attached hydrogens (primary N) is 1. The molecule has 1 aromatic carbocycles. The predicted molar refractivity (Wildman–Crippen MR) is 65.3 cm³/mol. The Bertz CT molecular complexity index is 484. The second kappa shape index (κ2) is 5.20. The Hall–Kier alpha value is -1.37. The average Bonchev–Trinajstić information content (AvgIpc) is 2.29. The van der Waals surface area contributed by atoms with Crippen molar-refractivity contribution >= 4 is 5.69 Å². The summed E-state index contributed by atoms with van der Waals surface area (Å²) in [6.45, 7) is -0.281. The van der Waals surface area contributed by atoms with Crippen molar-refractivity contribution in [3.63, 3.8) is 0 Å². The van der Waals surface area contributed by atoms with E-state index in [0.29, 0.717) is 6.54 Å². The molecular weight excluding hydrogens is 279 g/mol. The topological polar surface area (TPSA) is 29.3 Å². The molecule has 1 fully saturated rings. The number of nitrogens with zero attached hydrogens (tertiary/aromatic N) is 1. The van der Waals surface area contributed by atoms with Crippen molar-refractivity contribution < 1.29 is 22.0 Å². The van der Waals surface area contributed by atoms with Crippen molar-refractivity contribution in [3.05, 3.63) is 29.3 Å². The van der Waals surface area contributed by atoms with Crippen LogP contribution < -0.4 is 5.73 Å². The van der Waals surface area contributed by atoms with Crippen LogP contribution in [0.3, 0.4) is 0 Å². The van der Waals surface area contributed by atoms with Gasteiger partial charge in [0.2, 0.25) is 0 Å². The minimum absolute atomic E-state index is 0.00468. The summed E-state index contributed by atoms with van der Waals surface area (Å²) in [5, 5.41) is 0. The van der Waals surface area contributed by atoms with Gasteiger partial charge in [0.1, 0.15) is 0 Å². The van der Waals surface area contributed by atoms with Gasteiger partial charge in [0.25, 0.3) is 5.92 Å². The number of anilines is 1. The molecule has 0 aliphatic carbocycles. The van der Waals surface area contributed by atoms with Crippen LogP contribution in [0.2, 0.25) is 0 Å². The van der Waals surface area contributed by atoms with Gasteiger partial charge in [-0.05, 0) is 30.7 Å². The molecule has 0 spiro atoms. The van der Waals surface area contributed by atoms with E-state index in [1.54, 1.807) is 0 Å². The number of hydrogen-bond acceptors (Lipinski definition) is 2. The van der Waals surface area contributed by atoms with Gasteiger partial charge >= 0.3 is 6.18 Å². The molecule has 20 heavy (non-hydrogen) atoms. The smallest absolute Gasteiger partial charge is 0.399 e. The molecule has 1 heterocycles. The van der Waals surface area contributed by atoms with Gasteiger partial charge in [0.05, 0.1) is 12.1 Å². The Morgan fingerprint density at radius 3 is 2.55 bits per heavy atom. The molecule has 1 aliphatic heterocycles. The van der Waals surface area contributed by atoms with Gasteiger partial charge in [0, 0.05) is 18.7 Å². The van der Waals surface area contributed by atoms with Crippen LogP contribution in [-0.4, -0.2) is 23.9 Å². The number of nitrogen functional groups attached to an aromatic ring is 1. The third kappa shape index (κ3) is 3.59. The summed E-state index contributed by atoms with van der Waals surface area (Å²) in [4.78, 5) is 1.35. The van der Waals surface area contributed by atoms with Gasteiger partial charge in [-0.1, -0.05) is 6.07 Å². The zero-order valence-electron chi connectivity index (χ0n) is 10.7. The first-order valence-corrected chi connectivity index (χ1v) is 6.23. The number of piperidine rings is 1.